The lowest BCUT2D eigenvalue weighted by molar-refractivity contribution is -0.363. The first-order chi connectivity index (χ1) is 13.3. The van der Waals surface area contributed by atoms with Crippen molar-refractivity contribution in [3.05, 3.63) is 88.4 Å². The minimum atomic E-state index is -3.94. The van der Waals surface area contributed by atoms with Crippen LogP contribution in [0, 0.1) is 13.8 Å². The summed E-state index contributed by atoms with van der Waals surface area (Å²) in [6.07, 6.45) is 1.87. The van der Waals surface area contributed by atoms with Gasteiger partial charge in [-0.25, -0.2) is 0 Å². The first-order valence-corrected chi connectivity index (χ1v) is 9.57. The third-order valence-electron chi connectivity index (χ3n) is 5.99. The molecule has 2 aliphatic rings. The van der Waals surface area contributed by atoms with E-state index in [9.17, 15) is 0 Å². The van der Waals surface area contributed by atoms with Crippen molar-refractivity contribution in [3.8, 4) is 0 Å². The van der Waals surface area contributed by atoms with E-state index < -0.39 is 6.97 Å². The Kier molecular flexibility index (Phi) is 3.40. The highest BCUT2D eigenvalue weighted by molar-refractivity contribution is 6.58. The summed E-state index contributed by atoms with van der Waals surface area (Å²) in [7, 11) is 0. The van der Waals surface area contributed by atoms with E-state index in [-0.39, 0.29) is 0 Å². The zero-order chi connectivity index (χ0) is 19.8. The fourth-order valence-electron chi connectivity index (χ4n) is 5.00. The van der Waals surface area contributed by atoms with E-state index in [4.69, 9.17) is 0 Å². The molecule has 2 aliphatic heterocycles. The molecule has 0 saturated carbocycles. The van der Waals surface area contributed by atoms with Crippen molar-refractivity contribution in [1.29, 1.82) is 0 Å². The number of nitrogens with zero attached hydrogens (tertiary/aromatic N) is 2. The zero-order valence-electron chi connectivity index (χ0n) is 16.4. The molecule has 3 aromatic rings. The quantitative estimate of drug-likeness (QED) is 0.484. The molecule has 2 nitrogen and oxygen atoms in total. The van der Waals surface area contributed by atoms with Gasteiger partial charge in [0.2, 0.25) is 0 Å². The molecule has 0 amide bonds. The molecular weight excluding hydrogens is 353 g/mol. The largest absolute Gasteiger partial charge is 0.737 e. The van der Waals surface area contributed by atoms with Gasteiger partial charge in [0.25, 0.3) is 0 Å². The Hall–Kier alpha value is -2.95. The molecule has 0 radical (unpaired) electrons. The van der Waals surface area contributed by atoms with Crippen molar-refractivity contribution in [3.63, 3.8) is 0 Å². The standard InChI is InChI=1S/C23H21BF2N2/c1-14-12-16(3)27-22(14)21(20-11-7-9-18-8-5-6-10-19(18)20)23-15(2)13-17(4)28(23)24(27,25)26/h5-13H,1-4H3. The van der Waals surface area contributed by atoms with Crippen molar-refractivity contribution in [2.45, 2.75) is 27.7 Å². The van der Waals surface area contributed by atoms with Gasteiger partial charge < -0.3 is 17.6 Å². The Morgan fingerprint density at radius 1 is 0.929 bits per heavy atom. The molecule has 1 aromatic heterocycles. The molecule has 0 fully saturated rings. The molecule has 0 unspecified atom stereocenters. The number of aryl methyl sites for hydroxylation is 2. The summed E-state index contributed by atoms with van der Waals surface area (Å²) in [5.74, 6) is 0. The molecule has 5 heteroatoms. The number of benzene rings is 2. The van der Waals surface area contributed by atoms with Gasteiger partial charge in [-0.05, 0) is 54.4 Å². The number of hydrogen-bond donors (Lipinski definition) is 0. The SMILES string of the molecule is CC1=CC(C)=[N+]2C1=C(c1cccc3ccccc13)c1c(C)cc(C)n1[B-]2(F)F. The highest BCUT2D eigenvalue weighted by Crippen LogP contribution is 2.45. The molecule has 140 valence electrons. The molecular formula is C23H21BF2N2. The molecule has 0 bridgehead atoms. The van der Waals surface area contributed by atoms with Crippen LogP contribution in [0.5, 0.6) is 0 Å². The minimum Gasteiger partial charge on any atom is -0.393 e. The third-order valence-corrected chi connectivity index (χ3v) is 5.99. The van der Waals surface area contributed by atoms with Gasteiger partial charge in [0.1, 0.15) is 5.71 Å². The Morgan fingerprint density at radius 3 is 2.43 bits per heavy atom. The van der Waals surface area contributed by atoms with E-state index >= 15 is 8.63 Å². The predicted molar refractivity (Wildman–Crippen MR) is 112 cm³/mol. The van der Waals surface area contributed by atoms with Crippen molar-refractivity contribution >= 4 is 29.0 Å². The maximum absolute atomic E-state index is 15.7. The van der Waals surface area contributed by atoms with Crippen LogP contribution in [-0.2, 0) is 0 Å². The van der Waals surface area contributed by atoms with E-state index in [1.165, 1.54) is 8.96 Å². The van der Waals surface area contributed by atoms with E-state index in [1.54, 1.807) is 13.8 Å². The highest BCUT2D eigenvalue weighted by Gasteiger charge is 2.55. The molecule has 0 spiro atoms. The molecule has 0 aliphatic carbocycles. The Morgan fingerprint density at radius 2 is 1.64 bits per heavy atom. The molecule has 3 heterocycles. The maximum atomic E-state index is 15.7. The van der Waals surface area contributed by atoms with Gasteiger partial charge in [-0.2, -0.15) is 0 Å². The summed E-state index contributed by atoms with van der Waals surface area (Å²) in [6.45, 7) is 3.45. The van der Waals surface area contributed by atoms with Crippen LogP contribution in [0.25, 0.3) is 16.3 Å². The summed E-state index contributed by atoms with van der Waals surface area (Å²) in [6, 6.07) is 16.1. The van der Waals surface area contributed by atoms with Crippen LogP contribution >= 0.6 is 0 Å². The van der Waals surface area contributed by atoms with Crippen LogP contribution in [0.15, 0.2) is 65.9 Å². The second-order valence-corrected chi connectivity index (χ2v) is 7.86. The van der Waals surface area contributed by atoms with Crippen LogP contribution in [0.1, 0.15) is 36.4 Å². The number of hydrogen-bond acceptors (Lipinski definition) is 0. The van der Waals surface area contributed by atoms with Crippen LogP contribution < -0.4 is 0 Å². The first-order valence-electron chi connectivity index (χ1n) is 9.57. The van der Waals surface area contributed by atoms with E-state index in [0.29, 0.717) is 22.8 Å². The summed E-state index contributed by atoms with van der Waals surface area (Å²) in [5.41, 5.74) is 6.09. The van der Waals surface area contributed by atoms with E-state index in [2.05, 4.69) is 18.2 Å². The summed E-state index contributed by atoms with van der Waals surface area (Å²) in [5, 5.41) is 2.18. The summed E-state index contributed by atoms with van der Waals surface area (Å²) < 4.78 is 33.9. The van der Waals surface area contributed by atoms with Gasteiger partial charge in [0, 0.05) is 24.3 Å². The third kappa shape index (κ3) is 2.04. The second kappa shape index (κ2) is 5.54. The molecule has 0 saturated heterocycles. The van der Waals surface area contributed by atoms with Gasteiger partial charge in [0.15, 0.2) is 5.70 Å². The Labute approximate surface area is 163 Å². The Bertz CT molecular complexity index is 1270. The smallest absolute Gasteiger partial charge is 0.393 e. The molecule has 5 rings (SSSR count). The van der Waals surface area contributed by atoms with Crippen LogP contribution in [0.3, 0.4) is 0 Å². The monoisotopic (exact) mass is 374 g/mol. The lowest BCUT2D eigenvalue weighted by Gasteiger charge is -2.34. The van der Waals surface area contributed by atoms with Crippen LogP contribution in [-0.4, -0.2) is 21.6 Å². The average Bonchev–Trinajstić information content (AvgIpc) is 3.12. The lowest BCUT2D eigenvalue weighted by atomic mass is 9.82. The zero-order valence-corrected chi connectivity index (χ0v) is 16.4. The van der Waals surface area contributed by atoms with E-state index in [1.807, 2.05) is 50.3 Å². The minimum absolute atomic E-state index is 0.589. The van der Waals surface area contributed by atoms with Gasteiger partial charge in [-0.3, -0.25) is 0 Å². The normalized spacial score (nSPS) is 17.9. The van der Waals surface area contributed by atoms with Crippen molar-refractivity contribution in [2.24, 2.45) is 0 Å². The first kappa shape index (κ1) is 17.2. The van der Waals surface area contributed by atoms with Crippen LogP contribution in [0.2, 0.25) is 0 Å². The van der Waals surface area contributed by atoms with Crippen molar-refractivity contribution < 1.29 is 13.1 Å². The maximum Gasteiger partial charge on any atom is 0.737 e. The van der Waals surface area contributed by atoms with Gasteiger partial charge in [-0.1, -0.05) is 42.5 Å². The predicted octanol–water partition coefficient (Wildman–Crippen LogP) is 5.69. The summed E-state index contributed by atoms with van der Waals surface area (Å²) >= 11 is 0. The number of aromatic nitrogens is 1. The molecule has 0 atom stereocenters. The number of fused-ring (bicyclic) bond motifs is 3. The lowest BCUT2D eigenvalue weighted by Crippen LogP contribution is -2.51. The fraction of sp³-hybridized carbons (Fsp3) is 0.174. The van der Waals surface area contributed by atoms with Gasteiger partial charge in [0.05, 0.1) is 5.57 Å². The number of rotatable bonds is 1. The topological polar surface area (TPSA) is 7.94 Å². The highest BCUT2D eigenvalue weighted by atomic mass is 19.2. The summed E-state index contributed by atoms with van der Waals surface area (Å²) in [4.78, 5) is 0. The van der Waals surface area contributed by atoms with Crippen molar-refractivity contribution in [1.82, 2.24) is 4.48 Å². The second-order valence-electron chi connectivity index (χ2n) is 7.86. The molecule has 0 N–H and O–H groups in total. The van der Waals surface area contributed by atoms with Crippen molar-refractivity contribution in [2.75, 3.05) is 0 Å². The van der Waals surface area contributed by atoms with E-state index in [0.717, 1.165) is 33.0 Å². The Balaban J connectivity index is 2.00. The van der Waals surface area contributed by atoms with Gasteiger partial charge in [-0.15, -0.1) is 0 Å². The number of halogens is 2. The van der Waals surface area contributed by atoms with Gasteiger partial charge >= 0.3 is 6.97 Å². The average molecular weight is 374 g/mol. The van der Waals surface area contributed by atoms with Crippen LogP contribution in [0.4, 0.5) is 8.63 Å². The fourth-order valence-corrected chi connectivity index (χ4v) is 5.00. The molecule has 2 aromatic carbocycles. The molecule has 28 heavy (non-hydrogen) atoms. The number of allylic oxidation sites excluding steroid dienone is 2.